The van der Waals surface area contributed by atoms with E-state index in [4.69, 9.17) is 0 Å². The van der Waals surface area contributed by atoms with Crippen molar-refractivity contribution in [1.82, 2.24) is 4.98 Å². The molecule has 2 rings (SSSR count). The summed E-state index contributed by atoms with van der Waals surface area (Å²) in [7, 11) is 0. The molecule has 2 nitrogen and oxygen atoms in total. The summed E-state index contributed by atoms with van der Waals surface area (Å²) in [5.41, 5.74) is 1.20. The van der Waals surface area contributed by atoms with E-state index >= 15 is 0 Å². The second kappa shape index (κ2) is 5.42. The van der Waals surface area contributed by atoms with Crippen LogP contribution in [-0.4, -0.2) is 10.1 Å². The molecule has 0 saturated heterocycles. The lowest BCUT2D eigenvalue weighted by molar-refractivity contribution is 0.176. The van der Waals surface area contributed by atoms with Gasteiger partial charge in [0.25, 0.3) is 0 Å². The van der Waals surface area contributed by atoms with Gasteiger partial charge in [-0.15, -0.1) is 11.3 Å². The number of aryl methyl sites for hydroxylation is 1. The fourth-order valence-electron chi connectivity index (χ4n) is 1.57. The highest BCUT2D eigenvalue weighted by molar-refractivity contribution is 9.10. The zero-order chi connectivity index (χ0) is 13.3. The number of benzene rings is 1. The van der Waals surface area contributed by atoms with Gasteiger partial charge in [0.1, 0.15) is 0 Å². The van der Waals surface area contributed by atoms with Gasteiger partial charge in [0.2, 0.25) is 0 Å². The number of rotatable bonds is 3. The molecule has 1 aromatic heterocycles. The number of thiazole rings is 1. The molecule has 1 aromatic carbocycles. The van der Waals surface area contributed by atoms with E-state index in [2.05, 4.69) is 20.9 Å². The molecule has 0 radical (unpaired) electrons. The van der Waals surface area contributed by atoms with Crippen LogP contribution in [0.1, 0.15) is 22.4 Å². The van der Waals surface area contributed by atoms with Crippen LogP contribution in [0.3, 0.4) is 0 Å². The molecule has 0 aliphatic heterocycles. The highest BCUT2D eigenvalue weighted by atomic mass is 79.9. The van der Waals surface area contributed by atoms with E-state index in [1.807, 2.05) is 12.3 Å². The fraction of sp³-hybridized carbons (Fsp3) is 0.250. The molecular formula is C12H10BrF2NOS. The first kappa shape index (κ1) is 13.6. The molecule has 0 fully saturated rings. The number of aromatic nitrogens is 1. The highest BCUT2D eigenvalue weighted by Crippen LogP contribution is 2.30. The van der Waals surface area contributed by atoms with E-state index in [0.29, 0.717) is 5.56 Å². The summed E-state index contributed by atoms with van der Waals surface area (Å²) in [4.78, 5) is 4.22. The summed E-state index contributed by atoms with van der Waals surface area (Å²) in [6, 6.07) is 2.37. The molecule has 0 amide bonds. The second-order valence-corrected chi connectivity index (χ2v) is 5.60. The summed E-state index contributed by atoms with van der Waals surface area (Å²) < 4.78 is 26.3. The minimum absolute atomic E-state index is 0.0386. The van der Waals surface area contributed by atoms with Crippen LogP contribution in [0.15, 0.2) is 22.0 Å². The first-order valence-corrected chi connectivity index (χ1v) is 6.88. The lowest BCUT2D eigenvalue weighted by atomic mass is 10.1. The third-order valence-corrected chi connectivity index (χ3v) is 4.25. The summed E-state index contributed by atoms with van der Waals surface area (Å²) in [5, 5.41) is 12.7. The summed E-state index contributed by atoms with van der Waals surface area (Å²) >= 11 is 4.39. The largest absolute Gasteiger partial charge is 0.388 e. The Bertz CT molecular complexity index is 573. The van der Waals surface area contributed by atoms with E-state index in [1.54, 1.807) is 0 Å². The van der Waals surface area contributed by atoms with Crippen molar-refractivity contribution in [3.8, 4) is 0 Å². The quantitative estimate of drug-likeness (QED) is 0.867. The van der Waals surface area contributed by atoms with Gasteiger partial charge in [-0.2, -0.15) is 0 Å². The molecule has 6 heteroatoms. The molecule has 0 spiro atoms. The van der Waals surface area contributed by atoms with Crippen LogP contribution in [-0.2, 0) is 6.42 Å². The first-order valence-electron chi connectivity index (χ1n) is 5.21. The summed E-state index contributed by atoms with van der Waals surface area (Å²) in [5.74, 6) is -1.93. The Morgan fingerprint density at radius 3 is 2.78 bits per heavy atom. The molecule has 1 N–H and O–H groups in total. The maximum absolute atomic E-state index is 13.3. The smallest absolute Gasteiger partial charge is 0.173 e. The van der Waals surface area contributed by atoms with Crippen molar-refractivity contribution in [1.29, 1.82) is 0 Å². The number of aliphatic hydroxyl groups is 1. The highest BCUT2D eigenvalue weighted by Gasteiger charge is 2.18. The van der Waals surface area contributed by atoms with Gasteiger partial charge in [-0.05, 0) is 34.5 Å². The van der Waals surface area contributed by atoms with Crippen molar-refractivity contribution in [2.75, 3.05) is 0 Å². The van der Waals surface area contributed by atoms with Gasteiger partial charge in [0.05, 0.1) is 15.6 Å². The number of nitrogens with zero attached hydrogens (tertiary/aromatic N) is 1. The fourth-order valence-corrected chi connectivity index (χ4v) is 2.97. The van der Waals surface area contributed by atoms with Gasteiger partial charge >= 0.3 is 0 Å². The predicted molar refractivity (Wildman–Crippen MR) is 69.6 cm³/mol. The van der Waals surface area contributed by atoms with Crippen LogP contribution in [0.2, 0.25) is 0 Å². The Labute approximate surface area is 115 Å². The van der Waals surface area contributed by atoms with E-state index < -0.39 is 17.7 Å². The normalized spacial score (nSPS) is 12.7. The molecule has 0 bridgehead atoms. The maximum Gasteiger partial charge on any atom is 0.173 e. The number of aliphatic hydroxyl groups excluding tert-OH is 1. The molecule has 1 unspecified atom stereocenters. The van der Waals surface area contributed by atoms with E-state index in [0.717, 1.165) is 16.8 Å². The third kappa shape index (κ3) is 2.76. The minimum Gasteiger partial charge on any atom is -0.388 e. The van der Waals surface area contributed by atoms with Crippen molar-refractivity contribution < 1.29 is 13.9 Å². The Morgan fingerprint density at radius 2 is 2.17 bits per heavy atom. The molecule has 0 saturated carbocycles. The Kier molecular flexibility index (Phi) is 4.09. The standard InChI is InChI=1S/C12H10BrF2NOS/c1-6-5-18-10(16-6)4-9(17)7-2-3-8(14)12(15)11(7)13/h2-3,5,9,17H,4H2,1H3. The van der Waals surface area contributed by atoms with E-state index in [9.17, 15) is 13.9 Å². The van der Waals surface area contributed by atoms with Crippen molar-refractivity contribution in [2.45, 2.75) is 19.4 Å². The van der Waals surface area contributed by atoms with Crippen LogP contribution in [0.4, 0.5) is 8.78 Å². The Hall–Kier alpha value is -0.850. The topological polar surface area (TPSA) is 33.1 Å². The van der Waals surface area contributed by atoms with Crippen LogP contribution in [0, 0.1) is 18.6 Å². The van der Waals surface area contributed by atoms with Crippen molar-refractivity contribution in [3.63, 3.8) is 0 Å². The molecule has 96 valence electrons. The van der Waals surface area contributed by atoms with Gasteiger partial charge in [-0.25, -0.2) is 13.8 Å². The average Bonchev–Trinajstić information content (AvgIpc) is 2.71. The summed E-state index contributed by atoms with van der Waals surface area (Å²) in [6.07, 6.45) is -0.637. The molecule has 1 atom stereocenters. The van der Waals surface area contributed by atoms with Gasteiger partial charge < -0.3 is 5.11 Å². The van der Waals surface area contributed by atoms with Crippen molar-refractivity contribution in [2.24, 2.45) is 0 Å². The minimum atomic E-state index is -0.984. The number of hydrogen-bond acceptors (Lipinski definition) is 3. The number of hydrogen-bond donors (Lipinski definition) is 1. The maximum atomic E-state index is 13.3. The average molecular weight is 334 g/mol. The molecule has 18 heavy (non-hydrogen) atoms. The number of halogens is 3. The second-order valence-electron chi connectivity index (χ2n) is 3.87. The van der Waals surface area contributed by atoms with Gasteiger partial charge in [-0.1, -0.05) is 6.07 Å². The zero-order valence-corrected chi connectivity index (χ0v) is 11.9. The molecule has 0 aliphatic rings. The molecular weight excluding hydrogens is 324 g/mol. The lowest BCUT2D eigenvalue weighted by Gasteiger charge is -2.12. The first-order chi connectivity index (χ1) is 8.49. The SMILES string of the molecule is Cc1csc(CC(O)c2ccc(F)c(F)c2Br)n1. The van der Waals surface area contributed by atoms with Crippen LogP contribution >= 0.6 is 27.3 Å². The monoisotopic (exact) mass is 333 g/mol. The Morgan fingerprint density at radius 1 is 1.44 bits per heavy atom. The lowest BCUT2D eigenvalue weighted by Crippen LogP contribution is -2.04. The molecule has 1 heterocycles. The predicted octanol–water partition coefficient (Wildman–Crippen LogP) is 3.77. The summed E-state index contributed by atoms with van der Waals surface area (Å²) in [6.45, 7) is 1.86. The van der Waals surface area contributed by atoms with Crippen LogP contribution in [0.25, 0.3) is 0 Å². The van der Waals surface area contributed by atoms with Crippen molar-refractivity contribution >= 4 is 27.3 Å². The Balaban J connectivity index is 2.24. The molecule has 2 aromatic rings. The van der Waals surface area contributed by atoms with Crippen LogP contribution < -0.4 is 0 Å². The van der Waals surface area contributed by atoms with E-state index in [-0.39, 0.29) is 10.9 Å². The van der Waals surface area contributed by atoms with Gasteiger partial charge in [0.15, 0.2) is 11.6 Å². The van der Waals surface area contributed by atoms with Crippen LogP contribution in [0.5, 0.6) is 0 Å². The third-order valence-electron chi connectivity index (χ3n) is 2.46. The van der Waals surface area contributed by atoms with Crippen molar-refractivity contribution in [3.05, 3.63) is 49.9 Å². The van der Waals surface area contributed by atoms with Gasteiger partial charge in [-0.3, -0.25) is 0 Å². The van der Waals surface area contributed by atoms with E-state index in [1.165, 1.54) is 17.4 Å². The molecule has 0 aliphatic carbocycles. The van der Waals surface area contributed by atoms with Gasteiger partial charge in [0, 0.05) is 17.5 Å². The zero-order valence-electron chi connectivity index (χ0n) is 9.45.